The van der Waals surface area contributed by atoms with Crippen molar-refractivity contribution in [3.05, 3.63) is 48.1 Å². The second-order valence-electron chi connectivity index (χ2n) is 11.9. The Kier molecular flexibility index (Phi) is 9.95. The molecule has 4 N–H and O–H groups in total. The van der Waals surface area contributed by atoms with Gasteiger partial charge in [0, 0.05) is 35.9 Å². The van der Waals surface area contributed by atoms with Crippen molar-refractivity contribution in [2.45, 2.75) is 84.6 Å². The highest BCUT2D eigenvalue weighted by atomic mass is 16.2. The number of nitrogens with zero attached hydrogens (tertiary/aromatic N) is 2. The number of benzene rings is 1. The Morgan fingerprint density at radius 3 is 2.58 bits per heavy atom. The molecule has 4 rings (SSSR count). The molecule has 1 aliphatic heterocycles. The Hall–Kier alpha value is -3.26. The lowest BCUT2D eigenvalue weighted by atomic mass is 9.91. The van der Waals surface area contributed by atoms with Crippen LogP contribution in [0.15, 0.2) is 42.2 Å². The van der Waals surface area contributed by atoms with Crippen LogP contribution in [0.5, 0.6) is 0 Å². The fraction of sp³-hybridized carbons (Fsp3) is 0.562. The van der Waals surface area contributed by atoms with Gasteiger partial charge in [0.05, 0.1) is 17.9 Å². The first kappa shape index (κ1) is 29.7. The van der Waals surface area contributed by atoms with Crippen molar-refractivity contribution < 1.29 is 9.59 Å². The summed E-state index contributed by atoms with van der Waals surface area (Å²) in [7, 11) is 2.16. The minimum absolute atomic E-state index is 0.106. The van der Waals surface area contributed by atoms with Crippen LogP contribution in [0.1, 0.15) is 90.4 Å². The van der Waals surface area contributed by atoms with Gasteiger partial charge in [-0.05, 0) is 95.3 Å². The van der Waals surface area contributed by atoms with E-state index in [0.29, 0.717) is 24.3 Å². The van der Waals surface area contributed by atoms with Gasteiger partial charge in [0.15, 0.2) is 0 Å². The summed E-state index contributed by atoms with van der Waals surface area (Å²) in [5.74, 6) is 1.37. The van der Waals surface area contributed by atoms with E-state index >= 15 is 0 Å². The molecule has 1 aliphatic carbocycles. The summed E-state index contributed by atoms with van der Waals surface area (Å²) in [6.45, 7) is 7.75. The molecular weight excluding hydrogens is 500 g/mol. The Morgan fingerprint density at radius 2 is 1.90 bits per heavy atom. The molecule has 2 aromatic rings. The molecule has 216 valence electrons. The van der Waals surface area contributed by atoms with Crippen molar-refractivity contribution in [1.82, 2.24) is 20.2 Å². The molecule has 2 atom stereocenters. The minimum Gasteiger partial charge on any atom is -0.359 e. The number of anilines is 1. The third kappa shape index (κ3) is 7.90. The van der Waals surface area contributed by atoms with Crippen molar-refractivity contribution in [1.29, 1.82) is 5.41 Å². The van der Waals surface area contributed by atoms with Crippen LogP contribution < -0.4 is 10.6 Å². The average Bonchev–Trinajstić information content (AvgIpc) is 3.40. The van der Waals surface area contributed by atoms with E-state index in [0.717, 1.165) is 86.5 Å². The number of piperidine rings is 1. The fourth-order valence-electron chi connectivity index (χ4n) is 5.89. The molecule has 1 spiro atoms. The number of ketones is 1. The van der Waals surface area contributed by atoms with E-state index in [1.54, 1.807) is 13.0 Å². The number of rotatable bonds is 14. The average molecular weight is 547 g/mol. The van der Waals surface area contributed by atoms with Gasteiger partial charge in [0.2, 0.25) is 5.91 Å². The number of allylic oxidation sites excluding steroid dienone is 2. The summed E-state index contributed by atoms with van der Waals surface area (Å²) < 4.78 is 0. The van der Waals surface area contributed by atoms with Gasteiger partial charge in [-0.3, -0.25) is 9.59 Å². The lowest BCUT2D eigenvalue weighted by molar-refractivity contribution is -0.124. The number of nitrogens with one attached hydrogen (secondary N) is 4. The quantitative estimate of drug-likeness (QED) is 0.165. The number of unbranched alkanes of at least 4 members (excludes halogenated alkanes) is 2. The van der Waals surface area contributed by atoms with Crippen molar-refractivity contribution in [3.8, 4) is 11.3 Å². The zero-order valence-electron chi connectivity index (χ0n) is 24.6. The lowest BCUT2D eigenvalue weighted by Gasteiger charge is -2.30. The molecule has 2 fully saturated rings. The van der Waals surface area contributed by atoms with Crippen molar-refractivity contribution in [3.63, 3.8) is 0 Å². The molecule has 1 aromatic carbocycles. The van der Waals surface area contributed by atoms with E-state index in [2.05, 4.69) is 27.6 Å². The maximum absolute atomic E-state index is 13.4. The van der Waals surface area contributed by atoms with Crippen LogP contribution in [0.4, 0.5) is 5.69 Å². The topological polar surface area (TPSA) is 114 Å². The molecule has 0 unspecified atom stereocenters. The summed E-state index contributed by atoms with van der Waals surface area (Å²) in [6.07, 6.45) is 11.7. The second-order valence-corrected chi connectivity index (χ2v) is 11.9. The largest absolute Gasteiger partial charge is 0.359 e. The molecule has 8 nitrogen and oxygen atoms in total. The highest BCUT2D eigenvalue weighted by Crippen LogP contribution is 2.59. The van der Waals surface area contributed by atoms with Crippen LogP contribution >= 0.6 is 0 Å². The summed E-state index contributed by atoms with van der Waals surface area (Å²) in [5, 5.41) is 14.3. The van der Waals surface area contributed by atoms with E-state index in [1.165, 1.54) is 0 Å². The van der Waals surface area contributed by atoms with Crippen molar-refractivity contribution in [2.24, 2.45) is 11.3 Å². The predicted octanol–water partition coefficient (Wildman–Crippen LogP) is 6.25. The summed E-state index contributed by atoms with van der Waals surface area (Å²) >= 11 is 0. The van der Waals surface area contributed by atoms with Gasteiger partial charge in [-0.25, -0.2) is 4.98 Å². The van der Waals surface area contributed by atoms with E-state index < -0.39 is 0 Å². The SMILES string of the molecule is CCC(=O)CCCCC[C@H](NC(=O)[C@H]1CC12CCN(C)CC2)c1ncc(-c2ccc(N/C(C)=C\C(C)=N)cc2)[nH]1. The highest BCUT2D eigenvalue weighted by molar-refractivity contribution is 5.91. The molecule has 1 amide bonds. The number of carbonyl (C=O) groups excluding carboxylic acids is 2. The Morgan fingerprint density at radius 1 is 1.18 bits per heavy atom. The number of H-pyrrole nitrogens is 1. The van der Waals surface area contributed by atoms with Gasteiger partial charge >= 0.3 is 0 Å². The smallest absolute Gasteiger partial charge is 0.224 e. The molecule has 8 heteroatoms. The molecule has 2 heterocycles. The zero-order valence-corrected chi connectivity index (χ0v) is 24.6. The number of aromatic nitrogens is 2. The number of hydrogen-bond donors (Lipinski definition) is 4. The number of aromatic amines is 1. The van der Waals surface area contributed by atoms with E-state index in [4.69, 9.17) is 10.4 Å². The van der Waals surface area contributed by atoms with Gasteiger partial charge in [-0.15, -0.1) is 0 Å². The number of hydrogen-bond acceptors (Lipinski definition) is 6. The highest BCUT2D eigenvalue weighted by Gasteiger charge is 2.58. The van der Waals surface area contributed by atoms with Gasteiger partial charge < -0.3 is 25.9 Å². The van der Waals surface area contributed by atoms with Crippen molar-refractivity contribution >= 4 is 23.1 Å². The Labute approximate surface area is 238 Å². The van der Waals surface area contributed by atoms with E-state index in [9.17, 15) is 9.59 Å². The van der Waals surface area contributed by atoms with Crippen LogP contribution in [-0.2, 0) is 9.59 Å². The van der Waals surface area contributed by atoms with E-state index in [-0.39, 0.29) is 23.3 Å². The monoisotopic (exact) mass is 546 g/mol. The van der Waals surface area contributed by atoms with Crippen LogP contribution in [0, 0.1) is 16.7 Å². The molecule has 1 aromatic heterocycles. The third-order valence-corrected chi connectivity index (χ3v) is 8.54. The van der Waals surface area contributed by atoms with Crippen LogP contribution in [0.25, 0.3) is 11.3 Å². The molecule has 40 heavy (non-hydrogen) atoms. The van der Waals surface area contributed by atoms with Crippen molar-refractivity contribution in [2.75, 3.05) is 25.5 Å². The fourth-order valence-corrected chi connectivity index (χ4v) is 5.89. The van der Waals surface area contributed by atoms with Crippen LogP contribution in [0.2, 0.25) is 0 Å². The first-order valence-electron chi connectivity index (χ1n) is 14.9. The summed E-state index contributed by atoms with van der Waals surface area (Å²) in [4.78, 5) is 35.6. The zero-order chi connectivity index (χ0) is 28.7. The van der Waals surface area contributed by atoms with Gasteiger partial charge in [0.25, 0.3) is 0 Å². The predicted molar refractivity (Wildman–Crippen MR) is 161 cm³/mol. The van der Waals surface area contributed by atoms with Crippen LogP contribution in [0.3, 0.4) is 0 Å². The molecule has 0 radical (unpaired) electrons. The number of imidazole rings is 1. The van der Waals surface area contributed by atoms with Gasteiger partial charge in [0.1, 0.15) is 11.6 Å². The summed E-state index contributed by atoms with van der Waals surface area (Å²) in [5.41, 5.74) is 4.50. The standard InChI is InChI=1S/C32H46N6O2/c1-5-26(39)9-7-6-8-10-28(37-31(40)27-20-32(27)15-17-38(4)18-16-32)30-34-21-29(36-30)24-11-13-25(14-12-24)35-23(3)19-22(2)33/h11-14,19,21,27-28,33,35H,5-10,15-18,20H2,1-4H3,(H,34,36)(H,37,40)/b23-19-,33-22?/t27-,28+/m1/s1. The van der Waals surface area contributed by atoms with Crippen LogP contribution in [-0.4, -0.2) is 52.4 Å². The maximum atomic E-state index is 13.4. The van der Waals surface area contributed by atoms with Gasteiger partial charge in [-0.1, -0.05) is 31.9 Å². The molecule has 0 bridgehead atoms. The van der Waals surface area contributed by atoms with E-state index in [1.807, 2.05) is 44.3 Å². The summed E-state index contributed by atoms with van der Waals surface area (Å²) in [6, 6.07) is 7.92. The Bertz CT molecular complexity index is 1210. The second kappa shape index (κ2) is 13.4. The minimum atomic E-state index is -0.176. The number of likely N-dealkylation sites (tertiary alicyclic amines) is 1. The molecule has 2 aliphatic rings. The lowest BCUT2D eigenvalue weighted by Crippen LogP contribution is -2.36. The molecular formula is C32H46N6O2. The normalized spacial score (nSPS) is 19.3. The number of amides is 1. The number of Topliss-reactive ketones (excluding diaryl/α,β-unsaturated/α-hetero) is 1. The van der Waals surface area contributed by atoms with Gasteiger partial charge in [-0.2, -0.15) is 0 Å². The Balaban J connectivity index is 1.41. The maximum Gasteiger partial charge on any atom is 0.224 e. The molecule has 1 saturated carbocycles. The third-order valence-electron chi connectivity index (χ3n) is 8.54. The first-order chi connectivity index (χ1) is 19.2. The first-order valence-corrected chi connectivity index (χ1v) is 14.9. The molecule has 1 saturated heterocycles. The number of carbonyl (C=O) groups is 2.